The molecule has 0 unspecified atom stereocenters. The molecule has 0 atom stereocenters. The predicted molar refractivity (Wildman–Crippen MR) is 81.8 cm³/mol. The Balaban J connectivity index is 2.85. The molecule has 4 heteroatoms. The van der Waals surface area contributed by atoms with Gasteiger partial charge in [0.05, 0.1) is 4.90 Å². The molecule has 3 nitrogen and oxygen atoms in total. The summed E-state index contributed by atoms with van der Waals surface area (Å²) < 4.78 is 32.6. The Hall–Kier alpha value is -1.39. The van der Waals surface area contributed by atoms with E-state index in [9.17, 15) is 13.0 Å². The van der Waals surface area contributed by atoms with E-state index in [-0.39, 0.29) is 4.90 Å². The van der Waals surface area contributed by atoms with Crippen molar-refractivity contribution in [2.24, 2.45) is 0 Å². The molecule has 0 aliphatic carbocycles. The first-order valence-corrected chi connectivity index (χ1v) is 8.44. The van der Waals surface area contributed by atoms with Gasteiger partial charge in [-0.25, -0.2) is 0 Å². The Bertz CT molecular complexity index is 718. The second kappa shape index (κ2) is 5.94. The van der Waals surface area contributed by atoms with Crippen molar-refractivity contribution in [2.75, 3.05) is 0 Å². The molecular formula is C16H20O3S. The predicted octanol–water partition coefficient (Wildman–Crippen LogP) is 3.99. The fourth-order valence-corrected chi connectivity index (χ4v) is 3.49. The monoisotopic (exact) mass is 292 g/mol. The van der Waals surface area contributed by atoms with Gasteiger partial charge in [-0.3, -0.25) is 4.55 Å². The molecule has 0 radical (unpaired) electrons. The smallest absolute Gasteiger partial charge is 0.282 e. The van der Waals surface area contributed by atoms with E-state index >= 15 is 0 Å². The van der Waals surface area contributed by atoms with Crippen LogP contribution >= 0.6 is 0 Å². The summed E-state index contributed by atoms with van der Waals surface area (Å²) in [5.41, 5.74) is 1.90. The van der Waals surface area contributed by atoms with Crippen molar-refractivity contribution in [3.05, 3.63) is 41.5 Å². The average molecular weight is 292 g/mol. The molecule has 108 valence electrons. The van der Waals surface area contributed by atoms with Crippen LogP contribution in [0.1, 0.15) is 37.8 Å². The van der Waals surface area contributed by atoms with Gasteiger partial charge in [-0.15, -0.1) is 0 Å². The lowest BCUT2D eigenvalue weighted by Gasteiger charge is -2.14. The van der Waals surface area contributed by atoms with Crippen molar-refractivity contribution in [3.63, 3.8) is 0 Å². The molecular weight excluding hydrogens is 272 g/mol. The normalized spacial score (nSPS) is 11.9. The van der Waals surface area contributed by atoms with Gasteiger partial charge < -0.3 is 0 Å². The highest BCUT2D eigenvalue weighted by molar-refractivity contribution is 7.85. The van der Waals surface area contributed by atoms with Crippen LogP contribution in [-0.2, 0) is 23.0 Å². The topological polar surface area (TPSA) is 54.4 Å². The van der Waals surface area contributed by atoms with Crippen molar-refractivity contribution in [1.29, 1.82) is 0 Å². The van der Waals surface area contributed by atoms with Crippen molar-refractivity contribution in [3.8, 4) is 0 Å². The van der Waals surface area contributed by atoms with Crippen molar-refractivity contribution < 1.29 is 13.0 Å². The molecule has 0 saturated heterocycles. The summed E-state index contributed by atoms with van der Waals surface area (Å²) in [6, 6.07) is 9.31. The van der Waals surface area contributed by atoms with Gasteiger partial charge in [0.25, 0.3) is 10.1 Å². The van der Waals surface area contributed by atoms with Gasteiger partial charge in [0.2, 0.25) is 0 Å². The van der Waals surface area contributed by atoms with Gasteiger partial charge >= 0.3 is 0 Å². The molecule has 2 aromatic rings. The third-order valence-electron chi connectivity index (χ3n) is 3.49. The minimum absolute atomic E-state index is 0.0513. The van der Waals surface area contributed by atoms with E-state index in [1.807, 2.05) is 25.1 Å². The van der Waals surface area contributed by atoms with Crippen LogP contribution in [0.25, 0.3) is 10.8 Å². The van der Waals surface area contributed by atoms with Crippen LogP contribution in [0.2, 0.25) is 0 Å². The molecule has 0 aliphatic heterocycles. The zero-order valence-electron chi connectivity index (χ0n) is 11.9. The number of hydrogen-bond acceptors (Lipinski definition) is 2. The Morgan fingerprint density at radius 1 is 1.00 bits per heavy atom. The molecule has 2 rings (SSSR count). The third-order valence-corrected chi connectivity index (χ3v) is 4.43. The highest BCUT2D eigenvalue weighted by Gasteiger charge is 2.18. The zero-order valence-corrected chi connectivity index (χ0v) is 12.7. The average Bonchev–Trinajstić information content (AvgIpc) is 2.38. The largest absolute Gasteiger partial charge is 0.294 e. The van der Waals surface area contributed by atoms with Crippen molar-refractivity contribution in [1.82, 2.24) is 0 Å². The Kier molecular flexibility index (Phi) is 4.45. The van der Waals surface area contributed by atoms with Crippen LogP contribution in [0.4, 0.5) is 0 Å². The lowest BCUT2D eigenvalue weighted by atomic mass is 9.94. The second-order valence-electron chi connectivity index (χ2n) is 5.03. The lowest BCUT2D eigenvalue weighted by molar-refractivity contribution is 0.482. The molecule has 0 aromatic heterocycles. The highest BCUT2D eigenvalue weighted by Crippen LogP contribution is 2.30. The molecule has 0 aliphatic rings. The number of fused-ring (bicyclic) bond motifs is 1. The van der Waals surface area contributed by atoms with Gasteiger partial charge in [-0.1, -0.05) is 51.0 Å². The maximum atomic E-state index is 11.6. The SMILES string of the molecule is CCCc1cccc2ccc(S(=O)(=O)O)c(CCC)c12. The maximum absolute atomic E-state index is 11.6. The number of rotatable bonds is 5. The summed E-state index contributed by atoms with van der Waals surface area (Å²) in [6.45, 7) is 4.11. The number of hydrogen-bond donors (Lipinski definition) is 1. The van der Waals surface area contributed by atoms with E-state index in [0.29, 0.717) is 6.42 Å². The van der Waals surface area contributed by atoms with Crippen LogP contribution in [0, 0.1) is 0 Å². The fourth-order valence-electron chi connectivity index (χ4n) is 2.73. The molecule has 0 amide bonds. The van der Waals surface area contributed by atoms with Crippen LogP contribution in [0.15, 0.2) is 35.2 Å². The van der Waals surface area contributed by atoms with Gasteiger partial charge in [0.1, 0.15) is 0 Å². The molecule has 0 saturated carbocycles. The molecule has 20 heavy (non-hydrogen) atoms. The number of benzene rings is 2. The van der Waals surface area contributed by atoms with E-state index in [1.165, 1.54) is 6.07 Å². The van der Waals surface area contributed by atoms with Crippen LogP contribution in [-0.4, -0.2) is 13.0 Å². The standard InChI is InChI=1S/C16H20O3S/c1-3-6-12-8-5-9-13-10-11-15(20(17,18)19)14(7-4-2)16(12)13/h5,8-11H,3-4,6-7H2,1-2H3,(H,17,18,19). The Morgan fingerprint density at radius 3 is 2.30 bits per heavy atom. The van der Waals surface area contributed by atoms with Gasteiger partial charge in [0, 0.05) is 0 Å². The fraction of sp³-hybridized carbons (Fsp3) is 0.375. The molecule has 0 spiro atoms. The molecule has 2 aromatic carbocycles. The Morgan fingerprint density at radius 2 is 1.70 bits per heavy atom. The van der Waals surface area contributed by atoms with E-state index in [2.05, 4.69) is 6.92 Å². The second-order valence-corrected chi connectivity index (χ2v) is 6.42. The van der Waals surface area contributed by atoms with E-state index in [0.717, 1.165) is 41.2 Å². The minimum atomic E-state index is -4.18. The summed E-state index contributed by atoms with van der Waals surface area (Å²) in [6.07, 6.45) is 3.39. The summed E-state index contributed by atoms with van der Waals surface area (Å²) in [4.78, 5) is 0.0513. The summed E-state index contributed by atoms with van der Waals surface area (Å²) >= 11 is 0. The summed E-state index contributed by atoms with van der Waals surface area (Å²) in [5.74, 6) is 0. The van der Waals surface area contributed by atoms with Gasteiger partial charge in [-0.05, 0) is 40.8 Å². The lowest BCUT2D eigenvalue weighted by Crippen LogP contribution is -2.05. The van der Waals surface area contributed by atoms with Gasteiger partial charge in [0.15, 0.2) is 0 Å². The Labute approximate surface area is 120 Å². The minimum Gasteiger partial charge on any atom is -0.282 e. The highest BCUT2D eigenvalue weighted by atomic mass is 32.2. The van der Waals surface area contributed by atoms with Crippen molar-refractivity contribution in [2.45, 2.75) is 44.4 Å². The summed E-state index contributed by atoms with van der Waals surface area (Å²) in [7, 11) is -4.18. The zero-order chi connectivity index (χ0) is 14.8. The van der Waals surface area contributed by atoms with Crippen LogP contribution in [0.5, 0.6) is 0 Å². The first-order chi connectivity index (χ1) is 9.49. The number of aryl methyl sites for hydroxylation is 2. The first kappa shape index (κ1) is 15.0. The van der Waals surface area contributed by atoms with E-state index in [4.69, 9.17) is 0 Å². The summed E-state index contributed by atoms with van der Waals surface area (Å²) in [5, 5.41) is 2.03. The quantitative estimate of drug-likeness (QED) is 0.848. The third kappa shape index (κ3) is 2.86. The first-order valence-electron chi connectivity index (χ1n) is 7.00. The molecule has 1 N–H and O–H groups in total. The van der Waals surface area contributed by atoms with Crippen LogP contribution in [0.3, 0.4) is 0 Å². The van der Waals surface area contributed by atoms with E-state index < -0.39 is 10.1 Å². The maximum Gasteiger partial charge on any atom is 0.294 e. The molecule has 0 heterocycles. The van der Waals surface area contributed by atoms with Crippen LogP contribution < -0.4 is 0 Å². The van der Waals surface area contributed by atoms with Crippen molar-refractivity contribution >= 4 is 20.9 Å². The molecule has 0 fully saturated rings. The van der Waals surface area contributed by atoms with E-state index in [1.54, 1.807) is 6.07 Å². The molecule has 0 bridgehead atoms. The van der Waals surface area contributed by atoms with Gasteiger partial charge in [-0.2, -0.15) is 8.42 Å².